The van der Waals surface area contributed by atoms with E-state index in [1.165, 1.54) is 19.3 Å². The third-order valence-electron chi connectivity index (χ3n) is 4.58. The number of rotatable bonds is 5. The van der Waals surface area contributed by atoms with E-state index in [-0.39, 0.29) is 30.3 Å². The first-order valence-electron chi connectivity index (χ1n) is 7.97. The van der Waals surface area contributed by atoms with Gasteiger partial charge in [-0.3, -0.25) is 9.59 Å². The Morgan fingerprint density at radius 2 is 1.70 bits per heavy atom. The second-order valence-electron chi connectivity index (χ2n) is 6.24. The molecule has 0 heterocycles. The number of amides is 2. The van der Waals surface area contributed by atoms with Gasteiger partial charge in [-0.2, -0.15) is 0 Å². The highest BCUT2D eigenvalue weighted by molar-refractivity contribution is 5.84. The van der Waals surface area contributed by atoms with Crippen molar-refractivity contribution in [3.05, 3.63) is 0 Å². The third kappa shape index (κ3) is 4.78. The zero-order chi connectivity index (χ0) is 14.4. The Balaban J connectivity index is 1.61. The maximum absolute atomic E-state index is 11.8. The van der Waals surface area contributed by atoms with Crippen molar-refractivity contribution < 1.29 is 9.59 Å². The Bertz CT molecular complexity index is 340. The minimum absolute atomic E-state index is 0.0499. The molecular formula is C15H27N3O2. The molecule has 2 rings (SSSR count). The summed E-state index contributed by atoms with van der Waals surface area (Å²) in [5, 5.41) is 5.71. The summed E-state index contributed by atoms with van der Waals surface area (Å²) in [6.07, 6.45) is 9.40. The molecule has 2 amide bonds. The van der Waals surface area contributed by atoms with Crippen LogP contribution in [0.15, 0.2) is 0 Å². The largest absolute Gasteiger partial charge is 0.352 e. The van der Waals surface area contributed by atoms with Crippen LogP contribution in [0.1, 0.15) is 57.8 Å². The quantitative estimate of drug-likeness (QED) is 0.704. The minimum atomic E-state index is -0.0685. The Hall–Kier alpha value is -1.10. The van der Waals surface area contributed by atoms with Crippen LogP contribution in [-0.4, -0.2) is 30.4 Å². The molecule has 5 heteroatoms. The van der Waals surface area contributed by atoms with Gasteiger partial charge in [0.1, 0.15) is 0 Å². The van der Waals surface area contributed by atoms with E-state index in [0.717, 1.165) is 32.1 Å². The SMILES string of the molecule is N[C@@H]1CCC[C@H]1CC(=O)NCC(=O)NC1CCCCC1. The van der Waals surface area contributed by atoms with Gasteiger partial charge in [-0.15, -0.1) is 0 Å². The van der Waals surface area contributed by atoms with Crippen LogP contribution in [0.25, 0.3) is 0 Å². The highest BCUT2D eigenvalue weighted by atomic mass is 16.2. The molecule has 2 atom stereocenters. The van der Waals surface area contributed by atoms with Gasteiger partial charge in [-0.05, 0) is 31.6 Å². The molecule has 0 aromatic rings. The van der Waals surface area contributed by atoms with Crippen molar-refractivity contribution in [2.75, 3.05) is 6.54 Å². The van der Waals surface area contributed by atoms with Crippen LogP contribution in [0.5, 0.6) is 0 Å². The molecule has 2 fully saturated rings. The molecule has 2 aliphatic carbocycles. The molecule has 114 valence electrons. The maximum Gasteiger partial charge on any atom is 0.239 e. The van der Waals surface area contributed by atoms with E-state index in [9.17, 15) is 9.59 Å². The molecule has 4 N–H and O–H groups in total. The van der Waals surface area contributed by atoms with E-state index in [2.05, 4.69) is 10.6 Å². The fourth-order valence-corrected chi connectivity index (χ4v) is 3.33. The lowest BCUT2D eigenvalue weighted by Crippen LogP contribution is -2.43. The average Bonchev–Trinajstić information content (AvgIpc) is 2.83. The van der Waals surface area contributed by atoms with Crippen molar-refractivity contribution in [3.8, 4) is 0 Å². The number of hydrogen-bond acceptors (Lipinski definition) is 3. The van der Waals surface area contributed by atoms with Gasteiger partial charge in [-0.25, -0.2) is 0 Å². The van der Waals surface area contributed by atoms with Crippen molar-refractivity contribution >= 4 is 11.8 Å². The second kappa shape index (κ2) is 7.62. The standard InChI is InChI=1S/C15H27N3O2/c16-13-8-4-5-11(13)9-14(19)17-10-15(20)18-12-6-2-1-3-7-12/h11-13H,1-10,16H2,(H,17,19)(H,18,20)/t11-,13+/m0/s1. The van der Waals surface area contributed by atoms with Gasteiger partial charge in [0.25, 0.3) is 0 Å². The maximum atomic E-state index is 11.8. The normalized spacial score (nSPS) is 27.2. The first kappa shape index (κ1) is 15.3. The predicted molar refractivity (Wildman–Crippen MR) is 78.0 cm³/mol. The van der Waals surface area contributed by atoms with Gasteiger partial charge in [0.05, 0.1) is 6.54 Å². The monoisotopic (exact) mass is 281 g/mol. The summed E-state index contributed by atoms with van der Waals surface area (Å²) in [6.45, 7) is 0.0945. The van der Waals surface area contributed by atoms with E-state index in [0.29, 0.717) is 12.5 Å². The summed E-state index contributed by atoms with van der Waals surface area (Å²) in [5.74, 6) is 0.170. The lowest BCUT2D eigenvalue weighted by atomic mass is 9.95. The predicted octanol–water partition coefficient (Wildman–Crippen LogP) is 1.07. The first-order valence-corrected chi connectivity index (χ1v) is 7.97. The zero-order valence-corrected chi connectivity index (χ0v) is 12.2. The third-order valence-corrected chi connectivity index (χ3v) is 4.58. The van der Waals surface area contributed by atoms with E-state index in [4.69, 9.17) is 5.73 Å². The van der Waals surface area contributed by atoms with Gasteiger partial charge in [-0.1, -0.05) is 25.7 Å². The summed E-state index contributed by atoms with van der Waals surface area (Å²) in [7, 11) is 0. The van der Waals surface area contributed by atoms with E-state index < -0.39 is 0 Å². The number of nitrogens with one attached hydrogen (secondary N) is 2. The van der Waals surface area contributed by atoms with Crippen LogP contribution < -0.4 is 16.4 Å². The molecule has 0 saturated heterocycles. The second-order valence-corrected chi connectivity index (χ2v) is 6.24. The van der Waals surface area contributed by atoms with E-state index >= 15 is 0 Å². The van der Waals surface area contributed by atoms with Gasteiger partial charge in [0, 0.05) is 18.5 Å². The fourth-order valence-electron chi connectivity index (χ4n) is 3.33. The number of nitrogens with two attached hydrogens (primary N) is 1. The summed E-state index contributed by atoms with van der Waals surface area (Å²) in [4.78, 5) is 23.6. The number of carbonyl (C=O) groups is 2. The molecular weight excluding hydrogens is 254 g/mol. The molecule has 0 aromatic carbocycles. The molecule has 0 aliphatic heterocycles. The van der Waals surface area contributed by atoms with Crippen molar-refractivity contribution in [1.82, 2.24) is 10.6 Å². The lowest BCUT2D eigenvalue weighted by molar-refractivity contribution is -0.127. The van der Waals surface area contributed by atoms with Crippen LogP contribution in [0.2, 0.25) is 0 Å². The molecule has 2 aliphatic rings. The Morgan fingerprint density at radius 3 is 2.35 bits per heavy atom. The Kier molecular flexibility index (Phi) is 5.83. The highest BCUT2D eigenvalue weighted by Gasteiger charge is 2.26. The smallest absolute Gasteiger partial charge is 0.239 e. The summed E-state index contributed by atoms with van der Waals surface area (Å²) >= 11 is 0. The van der Waals surface area contributed by atoms with Crippen LogP contribution >= 0.6 is 0 Å². The van der Waals surface area contributed by atoms with E-state index in [1.54, 1.807) is 0 Å². The zero-order valence-electron chi connectivity index (χ0n) is 12.2. The van der Waals surface area contributed by atoms with Gasteiger partial charge >= 0.3 is 0 Å². The van der Waals surface area contributed by atoms with Gasteiger partial charge < -0.3 is 16.4 Å². The molecule has 0 spiro atoms. The molecule has 5 nitrogen and oxygen atoms in total. The average molecular weight is 281 g/mol. The highest BCUT2D eigenvalue weighted by Crippen LogP contribution is 2.26. The van der Waals surface area contributed by atoms with Crippen molar-refractivity contribution in [1.29, 1.82) is 0 Å². The molecule has 0 aromatic heterocycles. The summed E-state index contributed by atoms with van der Waals surface area (Å²) < 4.78 is 0. The number of hydrogen-bond donors (Lipinski definition) is 3. The van der Waals surface area contributed by atoms with Crippen molar-refractivity contribution in [2.45, 2.75) is 69.9 Å². The Labute approximate surface area is 121 Å². The fraction of sp³-hybridized carbons (Fsp3) is 0.867. The number of carbonyl (C=O) groups excluding carboxylic acids is 2. The van der Waals surface area contributed by atoms with Crippen LogP contribution in [0.4, 0.5) is 0 Å². The van der Waals surface area contributed by atoms with Crippen LogP contribution in [-0.2, 0) is 9.59 Å². The lowest BCUT2D eigenvalue weighted by Gasteiger charge is -2.22. The van der Waals surface area contributed by atoms with Crippen LogP contribution in [0.3, 0.4) is 0 Å². The first-order chi connectivity index (χ1) is 9.65. The van der Waals surface area contributed by atoms with Crippen molar-refractivity contribution in [2.24, 2.45) is 11.7 Å². The van der Waals surface area contributed by atoms with Gasteiger partial charge in [0.2, 0.25) is 11.8 Å². The van der Waals surface area contributed by atoms with Gasteiger partial charge in [0.15, 0.2) is 0 Å². The molecule has 20 heavy (non-hydrogen) atoms. The summed E-state index contributed by atoms with van der Waals surface area (Å²) in [6, 6.07) is 0.452. The Morgan fingerprint density at radius 1 is 0.950 bits per heavy atom. The molecule has 0 bridgehead atoms. The van der Waals surface area contributed by atoms with E-state index in [1.807, 2.05) is 0 Å². The van der Waals surface area contributed by atoms with Crippen molar-refractivity contribution in [3.63, 3.8) is 0 Å². The minimum Gasteiger partial charge on any atom is -0.352 e. The topological polar surface area (TPSA) is 84.2 Å². The van der Waals surface area contributed by atoms with Crippen LogP contribution in [0, 0.1) is 5.92 Å². The molecule has 0 radical (unpaired) electrons. The summed E-state index contributed by atoms with van der Waals surface area (Å²) in [5.41, 5.74) is 5.95. The molecule has 2 saturated carbocycles. The molecule has 0 unspecified atom stereocenters.